The lowest BCUT2D eigenvalue weighted by atomic mass is 10.0. The van der Waals surface area contributed by atoms with E-state index in [0.29, 0.717) is 6.04 Å². The molecule has 0 atom stereocenters. The van der Waals surface area contributed by atoms with Gasteiger partial charge < -0.3 is 10.2 Å². The van der Waals surface area contributed by atoms with E-state index < -0.39 is 0 Å². The van der Waals surface area contributed by atoms with Crippen molar-refractivity contribution < 1.29 is 4.39 Å². The highest BCUT2D eigenvalue weighted by Gasteiger charge is 2.31. The maximum Gasteiger partial charge on any atom is 0.123 e. The van der Waals surface area contributed by atoms with E-state index in [-0.39, 0.29) is 5.82 Å². The number of piperidine rings is 1. The van der Waals surface area contributed by atoms with E-state index >= 15 is 0 Å². The van der Waals surface area contributed by atoms with Gasteiger partial charge in [-0.1, -0.05) is 15.9 Å². The monoisotopic (exact) mass is 326 g/mol. The molecule has 3 rings (SSSR count). The molecule has 2 nitrogen and oxygen atoms in total. The van der Waals surface area contributed by atoms with Crippen molar-refractivity contribution in [2.45, 2.75) is 44.3 Å². The number of nitrogens with one attached hydrogen (secondary N) is 1. The summed E-state index contributed by atoms with van der Waals surface area (Å²) < 4.78 is 14.2. The van der Waals surface area contributed by atoms with Crippen LogP contribution in [0.3, 0.4) is 0 Å². The summed E-state index contributed by atoms with van der Waals surface area (Å²) in [5.74, 6) is -0.163. The smallest absolute Gasteiger partial charge is 0.123 e. The van der Waals surface area contributed by atoms with Gasteiger partial charge in [-0.05, 0) is 62.5 Å². The fourth-order valence-corrected chi connectivity index (χ4v) is 3.23. The zero-order chi connectivity index (χ0) is 13.2. The highest BCUT2D eigenvalue weighted by molar-refractivity contribution is 9.10. The number of likely N-dealkylation sites (tertiary alicyclic amines) is 1. The first-order valence-corrected chi connectivity index (χ1v) is 7.93. The van der Waals surface area contributed by atoms with Crippen LogP contribution in [-0.2, 0) is 6.54 Å². The van der Waals surface area contributed by atoms with Gasteiger partial charge in [0.25, 0.3) is 0 Å². The van der Waals surface area contributed by atoms with Crippen LogP contribution in [0.2, 0.25) is 0 Å². The SMILES string of the molecule is Fc1ccc(Br)c(CNC2CCN(C3CC3)CC2)c1. The quantitative estimate of drug-likeness (QED) is 0.913. The van der Waals surface area contributed by atoms with E-state index in [9.17, 15) is 4.39 Å². The van der Waals surface area contributed by atoms with Crippen LogP contribution >= 0.6 is 15.9 Å². The molecule has 1 N–H and O–H groups in total. The van der Waals surface area contributed by atoms with Crippen molar-refractivity contribution in [3.63, 3.8) is 0 Å². The number of hydrogen-bond donors (Lipinski definition) is 1. The number of nitrogens with zero attached hydrogens (tertiary/aromatic N) is 1. The molecule has 2 fully saturated rings. The molecule has 1 aromatic rings. The molecule has 0 amide bonds. The summed E-state index contributed by atoms with van der Waals surface area (Å²) in [4.78, 5) is 2.62. The average Bonchev–Trinajstić information content (AvgIpc) is 3.25. The van der Waals surface area contributed by atoms with Crippen molar-refractivity contribution in [2.75, 3.05) is 13.1 Å². The Bertz CT molecular complexity index is 440. The Morgan fingerprint density at radius 2 is 1.95 bits per heavy atom. The van der Waals surface area contributed by atoms with Crippen LogP contribution in [0.1, 0.15) is 31.2 Å². The highest BCUT2D eigenvalue weighted by Crippen LogP contribution is 2.29. The first-order chi connectivity index (χ1) is 9.22. The first kappa shape index (κ1) is 13.5. The molecule has 2 aliphatic rings. The number of halogens is 2. The molecular formula is C15H20BrFN2. The minimum absolute atomic E-state index is 0.163. The van der Waals surface area contributed by atoms with E-state index in [1.807, 2.05) is 0 Å². The van der Waals surface area contributed by atoms with Crippen molar-refractivity contribution >= 4 is 15.9 Å². The fraction of sp³-hybridized carbons (Fsp3) is 0.600. The Hall–Kier alpha value is -0.450. The standard InChI is InChI=1S/C15H20BrFN2/c16-15-4-1-12(17)9-11(15)10-18-13-5-7-19(8-6-13)14-2-3-14/h1,4,9,13-14,18H,2-3,5-8,10H2. The largest absolute Gasteiger partial charge is 0.310 e. The molecule has 1 saturated heterocycles. The van der Waals surface area contributed by atoms with Gasteiger partial charge in [-0.2, -0.15) is 0 Å². The normalized spacial score (nSPS) is 21.8. The second kappa shape index (κ2) is 5.90. The molecule has 19 heavy (non-hydrogen) atoms. The molecule has 1 heterocycles. The van der Waals surface area contributed by atoms with Crippen LogP contribution in [0.25, 0.3) is 0 Å². The minimum Gasteiger partial charge on any atom is -0.310 e. The molecule has 1 aliphatic carbocycles. The van der Waals surface area contributed by atoms with Gasteiger partial charge in [-0.15, -0.1) is 0 Å². The minimum atomic E-state index is -0.163. The second-order valence-electron chi connectivity index (χ2n) is 5.66. The molecule has 1 aromatic carbocycles. The third kappa shape index (κ3) is 3.56. The molecule has 104 valence electrons. The van der Waals surface area contributed by atoms with Crippen LogP contribution in [0.5, 0.6) is 0 Å². The summed E-state index contributed by atoms with van der Waals surface area (Å²) in [5, 5.41) is 3.56. The van der Waals surface area contributed by atoms with Crippen LogP contribution in [-0.4, -0.2) is 30.1 Å². The van der Waals surface area contributed by atoms with E-state index in [4.69, 9.17) is 0 Å². The third-order valence-corrected chi connectivity index (χ3v) is 4.96. The summed E-state index contributed by atoms with van der Waals surface area (Å²) in [7, 11) is 0. The predicted octanol–water partition coefficient (Wildman–Crippen LogP) is 3.30. The van der Waals surface area contributed by atoms with Gasteiger partial charge in [0.2, 0.25) is 0 Å². The van der Waals surface area contributed by atoms with Crippen molar-refractivity contribution in [1.29, 1.82) is 0 Å². The van der Waals surface area contributed by atoms with Gasteiger partial charge in [0.05, 0.1) is 0 Å². The van der Waals surface area contributed by atoms with Crippen LogP contribution < -0.4 is 5.32 Å². The predicted molar refractivity (Wildman–Crippen MR) is 78.6 cm³/mol. The zero-order valence-electron chi connectivity index (χ0n) is 11.0. The maximum absolute atomic E-state index is 13.2. The van der Waals surface area contributed by atoms with Crippen molar-refractivity contribution in [3.05, 3.63) is 34.1 Å². The Morgan fingerprint density at radius 1 is 1.21 bits per heavy atom. The second-order valence-corrected chi connectivity index (χ2v) is 6.51. The maximum atomic E-state index is 13.2. The molecule has 4 heteroatoms. The average molecular weight is 327 g/mol. The van der Waals surface area contributed by atoms with E-state index in [2.05, 4.69) is 26.1 Å². The first-order valence-electron chi connectivity index (χ1n) is 7.14. The van der Waals surface area contributed by atoms with Gasteiger partial charge in [0.15, 0.2) is 0 Å². The molecule has 1 saturated carbocycles. The van der Waals surface area contributed by atoms with Crippen LogP contribution in [0.15, 0.2) is 22.7 Å². The van der Waals surface area contributed by atoms with Crippen LogP contribution in [0, 0.1) is 5.82 Å². The summed E-state index contributed by atoms with van der Waals surface area (Å²) >= 11 is 3.48. The highest BCUT2D eigenvalue weighted by atomic mass is 79.9. The fourth-order valence-electron chi connectivity index (χ4n) is 2.84. The summed E-state index contributed by atoms with van der Waals surface area (Å²) in [5.41, 5.74) is 1.00. The summed E-state index contributed by atoms with van der Waals surface area (Å²) in [6.45, 7) is 3.17. The van der Waals surface area contributed by atoms with Gasteiger partial charge in [-0.25, -0.2) is 4.39 Å². The molecule has 1 aliphatic heterocycles. The molecule has 0 spiro atoms. The summed E-state index contributed by atoms with van der Waals surface area (Å²) in [6, 6.07) is 6.34. The Labute approximate surface area is 122 Å². The molecule has 0 aromatic heterocycles. The van der Waals surface area contributed by atoms with Gasteiger partial charge >= 0.3 is 0 Å². The number of rotatable bonds is 4. The number of hydrogen-bond acceptors (Lipinski definition) is 2. The van der Waals surface area contributed by atoms with Crippen molar-refractivity contribution in [1.82, 2.24) is 10.2 Å². The Kier molecular flexibility index (Phi) is 4.20. The van der Waals surface area contributed by atoms with E-state index in [1.54, 1.807) is 12.1 Å². The van der Waals surface area contributed by atoms with Gasteiger partial charge in [0.1, 0.15) is 5.82 Å². The van der Waals surface area contributed by atoms with E-state index in [0.717, 1.165) is 22.6 Å². The molecule has 0 unspecified atom stereocenters. The van der Waals surface area contributed by atoms with Crippen LogP contribution in [0.4, 0.5) is 4.39 Å². The Balaban J connectivity index is 1.48. The number of benzene rings is 1. The van der Waals surface area contributed by atoms with Gasteiger partial charge in [-0.3, -0.25) is 0 Å². The zero-order valence-corrected chi connectivity index (χ0v) is 12.6. The molecule has 0 bridgehead atoms. The van der Waals surface area contributed by atoms with Crippen molar-refractivity contribution in [2.24, 2.45) is 0 Å². The lowest BCUT2D eigenvalue weighted by Gasteiger charge is -2.32. The Morgan fingerprint density at radius 3 is 2.63 bits per heavy atom. The van der Waals surface area contributed by atoms with E-state index in [1.165, 1.54) is 44.8 Å². The summed E-state index contributed by atoms with van der Waals surface area (Å²) in [6.07, 6.45) is 5.22. The molecular weight excluding hydrogens is 307 g/mol. The third-order valence-electron chi connectivity index (χ3n) is 4.18. The lowest BCUT2D eigenvalue weighted by molar-refractivity contribution is 0.189. The van der Waals surface area contributed by atoms with Crippen molar-refractivity contribution in [3.8, 4) is 0 Å². The van der Waals surface area contributed by atoms with Gasteiger partial charge in [0, 0.05) is 23.1 Å². The lowest BCUT2D eigenvalue weighted by Crippen LogP contribution is -2.43. The topological polar surface area (TPSA) is 15.3 Å². The molecule has 0 radical (unpaired) electrons.